The van der Waals surface area contributed by atoms with Crippen molar-refractivity contribution in [1.82, 2.24) is 9.97 Å². The SMILES string of the molecule is CNc1cc(Oc2cc(Br)ccc2Cl)nc(SC)n1. The molecule has 1 heterocycles. The zero-order valence-corrected chi connectivity index (χ0v) is 13.4. The van der Waals surface area contributed by atoms with E-state index in [9.17, 15) is 0 Å². The summed E-state index contributed by atoms with van der Waals surface area (Å²) in [6, 6.07) is 7.12. The summed E-state index contributed by atoms with van der Waals surface area (Å²) in [6.07, 6.45) is 1.91. The monoisotopic (exact) mass is 359 g/mol. The molecule has 1 aromatic heterocycles. The van der Waals surface area contributed by atoms with Gasteiger partial charge in [-0.1, -0.05) is 39.3 Å². The molecule has 0 saturated carbocycles. The fourth-order valence-corrected chi connectivity index (χ4v) is 2.21. The van der Waals surface area contributed by atoms with Crippen LogP contribution >= 0.6 is 39.3 Å². The number of benzene rings is 1. The van der Waals surface area contributed by atoms with E-state index in [2.05, 4.69) is 31.2 Å². The predicted octanol–water partition coefficient (Wildman–Crippen LogP) is 4.45. The van der Waals surface area contributed by atoms with Crippen LogP contribution in [0, 0.1) is 0 Å². The maximum absolute atomic E-state index is 6.08. The predicted molar refractivity (Wildman–Crippen MR) is 82.6 cm³/mol. The maximum Gasteiger partial charge on any atom is 0.225 e. The highest BCUT2D eigenvalue weighted by Gasteiger charge is 2.08. The van der Waals surface area contributed by atoms with E-state index in [1.54, 1.807) is 25.2 Å². The Morgan fingerprint density at radius 3 is 2.79 bits per heavy atom. The molecule has 2 aromatic rings. The van der Waals surface area contributed by atoms with Gasteiger partial charge in [-0.25, -0.2) is 4.98 Å². The van der Waals surface area contributed by atoms with Crippen molar-refractivity contribution in [2.24, 2.45) is 0 Å². The summed E-state index contributed by atoms with van der Waals surface area (Å²) < 4.78 is 6.60. The molecule has 0 aliphatic rings. The van der Waals surface area contributed by atoms with Crippen molar-refractivity contribution in [2.75, 3.05) is 18.6 Å². The second-order valence-corrected chi connectivity index (χ2v) is 5.60. The number of thioether (sulfide) groups is 1. The van der Waals surface area contributed by atoms with E-state index in [-0.39, 0.29) is 0 Å². The molecule has 4 nitrogen and oxygen atoms in total. The Labute approximate surface area is 129 Å². The molecule has 1 aromatic carbocycles. The highest BCUT2D eigenvalue weighted by molar-refractivity contribution is 9.10. The van der Waals surface area contributed by atoms with E-state index < -0.39 is 0 Å². The number of rotatable bonds is 4. The van der Waals surface area contributed by atoms with Gasteiger partial charge in [-0.3, -0.25) is 0 Å². The van der Waals surface area contributed by atoms with Crippen LogP contribution in [0.1, 0.15) is 0 Å². The lowest BCUT2D eigenvalue weighted by Crippen LogP contribution is -1.98. The minimum atomic E-state index is 0.448. The van der Waals surface area contributed by atoms with Gasteiger partial charge in [0.05, 0.1) is 5.02 Å². The number of ether oxygens (including phenoxy) is 1. The van der Waals surface area contributed by atoms with Crippen molar-refractivity contribution in [2.45, 2.75) is 5.16 Å². The number of nitrogens with one attached hydrogen (secondary N) is 1. The van der Waals surface area contributed by atoms with E-state index in [4.69, 9.17) is 16.3 Å². The fourth-order valence-electron chi connectivity index (χ4n) is 1.34. The Kier molecular flexibility index (Phi) is 4.90. The number of hydrogen-bond donors (Lipinski definition) is 1. The minimum absolute atomic E-state index is 0.448. The third-order valence-electron chi connectivity index (χ3n) is 2.23. The topological polar surface area (TPSA) is 47.0 Å². The summed E-state index contributed by atoms with van der Waals surface area (Å²) in [5.41, 5.74) is 0. The van der Waals surface area contributed by atoms with Crippen LogP contribution < -0.4 is 10.1 Å². The average molecular weight is 361 g/mol. The molecule has 19 heavy (non-hydrogen) atoms. The summed E-state index contributed by atoms with van der Waals surface area (Å²) in [4.78, 5) is 8.55. The summed E-state index contributed by atoms with van der Waals surface area (Å²) >= 11 is 10.9. The molecule has 0 bridgehead atoms. The van der Waals surface area contributed by atoms with Gasteiger partial charge in [0.2, 0.25) is 5.88 Å². The Hall–Kier alpha value is -0.980. The third-order valence-corrected chi connectivity index (χ3v) is 3.58. The third kappa shape index (κ3) is 3.75. The molecule has 1 N–H and O–H groups in total. The molecule has 2 rings (SSSR count). The number of anilines is 1. The molecule has 0 saturated heterocycles. The van der Waals surface area contributed by atoms with Crippen LogP contribution in [0.4, 0.5) is 5.82 Å². The smallest absolute Gasteiger partial charge is 0.225 e. The largest absolute Gasteiger partial charge is 0.437 e. The second kappa shape index (κ2) is 6.45. The van der Waals surface area contributed by atoms with Crippen LogP contribution in [-0.4, -0.2) is 23.3 Å². The van der Waals surface area contributed by atoms with Crippen molar-refractivity contribution in [1.29, 1.82) is 0 Å². The normalized spacial score (nSPS) is 10.3. The van der Waals surface area contributed by atoms with Crippen LogP contribution in [0.2, 0.25) is 5.02 Å². The van der Waals surface area contributed by atoms with Gasteiger partial charge in [-0.2, -0.15) is 4.98 Å². The van der Waals surface area contributed by atoms with Gasteiger partial charge in [0.1, 0.15) is 11.6 Å². The molecule has 7 heteroatoms. The molecule has 0 atom stereocenters. The maximum atomic E-state index is 6.08. The molecule has 0 amide bonds. The summed E-state index contributed by atoms with van der Waals surface area (Å²) in [7, 11) is 1.79. The van der Waals surface area contributed by atoms with Crippen molar-refractivity contribution < 1.29 is 4.74 Å². The summed E-state index contributed by atoms with van der Waals surface area (Å²) in [6.45, 7) is 0. The zero-order valence-electron chi connectivity index (χ0n) is 10.3. The van der Waals surface area contributed by atoms with Crippen LogP contribution in [0.15, 0.2) is 33.9 Å². The van der Waals surface area contributed by atoms with Crippen molar-refractivity contribution in [3.05, 3.63) is 33.8 Å². The molecule has 0 aliphatic heterocycles. The lowest BCUT2D eigenvalue weighted by molar-refractivity contribution is 0.456. The first-order chi connectivity index (χ1) is 9.12. The van der Waals surface area contributed by atoms with Gasteiger partial charge < -0.3 is 10.1 Å². The van der Waals surface area contributed by atoms with Crippen LogP contribution in [-0.2, 0) is 0 Å². The average Bonchev–Trinajstić information content (AvgIpc) is 2.42. The standard InChI is InChI=1S/C12H11BrClN3OS/c1-15-10-6-11(17-12(16-10)19-2)18-9-5-7(13)3-4-8(9)14/h3-6H,1-2H3,(H,15,16,17). The zero-order chi connectivity index (χ0) is 13.8. The van der Waals surface area contributed by atoms with Crippen molar-refractivity contribution in [3.63, 3.8) is 0 Å². The van der Waals surface area contributed by atoms with E-state index >= 15 is 0 Å². The minimum Gasteiger partial charge on any atom is -0.437 e. The van der Waals surface area contributed by atoms with Gasteiger partial charge in [-0.15, -0.1) is 0 Å². The van der Waals surface area contributed by atoms with E-state index in [0.29, 0.717) is 27.6 Å². The molecule has 0 radical (unpaired) electrons. The molecule has 0 spiro atoms. The molecular formula is C12H11BrClN3OS. The molecule has 0 fully saturated rings. The van der Waals surface area contributed by atoms with Gasteiger partial charge in [-0.05, 0) is 24.5 Å². The van der Waals surface area contributed by atoms with Crippen molar-refractivity contribution in [3.8, 4) is 11.6 Å². The quantitative estimate of drug-likeness (QED) is 0.645. The number of hydrogen-bond acceptors (Lipinski definition) is 5. The van der Waals surface area contributed by atoms with Crippen molar-refractivity contribution >= 4 is 45.1 Å². The first-order valence-corrected chi connectivity index (χ1v) is 7.75. The van der Waals surface area contributed by atoms with Gasteiger partial charge in [0.15, 0.2) is 5.16 Å². The van der Waals surface area contributed by atoms with Crippen LogP contribution in [0.3, 0.4) is 0 Å². The molecule has 0 unspecified atom stereocenters. The van der Waals surface area contributed by atoms with E-state index in [1.807, 2.05) is 12.3 Å². The first kappa shape index (κ1) is 14.4. The molecular weight excluding hydrogens is 350 g/mol. The number of halogens is 2. The van der Waals surface area contributed by atoms with Gasteiger partial charge >= 0.3 is 0 Å². The van der Waals surface area contributed by atoms with Gasteiger partial charge in [0, 0.05) is 17.6 Å². The Balaban J connectivity index is 2.34. The highest BCUT2D eigenvalue weighted by Crippen LogP contribution is 2.32. The molecule has 100 valence electrons. The van der Waals surface area contributed by atoms with E-state index in [0.717, 1.165) is 4.47 Å². The lowest BCUT2D eigenvalue weighted by Gasteiger charge is -2.09. The second-order valence-electron chi connectivity index (χ2n) is 3.50. The number of aromatic nitrogens is 2. The fraction of sp³-hybridized carbons (Fsp3) is 0.167. The molecule has 0 aliphatic carbocycles. The number of nitrogens with zero attached hydrogens (tertiary/aromatic N) is 2. The first-order valence-electron chi connectivity index (χ1n) is 5.36. The summed E-state index contributed by atoms with van der Waals surface area (Å²) in [5.74, 6) is 1.69. The Bertz CT molecular complexity index is 575. The van der Waals surface area contributed by atoms with Gasteiger partial charge in [0.25, 0.3) is 0 Å². The lowest BCUT2D eigenvalue weighted by atomic mass is 10.3. The highest BCUT2D eigenvalue weighted by atomic mass is 79.9. The van der Waals surface area contributed by atoms with Crippen LogP contribution in [0.25, 0.3) is 0 Å². The Morgan fingerprint density at radius 2 is 2.11 bits per heavy atom. The van der Waals surface area contributed by atoms with E-state index in [1.165, 1.54) is 11.8 Å². The van der Waals surface area contributed by atoms with Crippen LogP contribution in [0.5, 0.6) is 11.6 Å². The summed E-state index contributed by atoms with van der Waals surface area (Å²) in [5, 5.41) is 4.13. The Morgan fingerprint density at radius 1 is 1.32 bits per heavy atom.